The standard InChI is InChI=1S/C15H22O2/c1-3-6-15(16)17-14-10-11(2)9-12-7-4-5-8-13(12)14/h4,7,9,11,13-14H,3,5-6,8,10H2,1-2H3. The predicted molar refractivity (Wildman–Crippen MR) is 68.5 cm³/mol. The molecular weight excluding hydrogens is 212 g/mol. The van der Waals surface area contributed by atoms with Gasteiger partial charge in [-0.1, -0.05) is 32.1 Å². The van der Waals surface area contributed by atoms with Gasteiger partial charge in [0, 0.05) is 12.3 Å². The van der Waals surface area contributed by atoms with Crippen LogP contribution in [0.5, 0.6) is 0 Å². The number of hydrogen-bond donors (Lipinski definition) is 0. The maximum atomic E-state index is 11.6. The highest BCUT2D eigenvalue weighted by Crippen LogP contribution is 2.37. The van der Waals surface area contributed by atoms with Crippen LogP contribution in [0.4, 0.5) is 0 Å². The van der Waals surface area contributed by atoms with Crippen molar-refractivity contribution in [2.75, 3.05) is 0 Å². The third-order valence-corrected chi connectivity index (χ3v) is 3.65. The maximum Gasteiger partial charge on any atom is 0.306 e. The molecule has 2 heteroatoms. The third-order valence-electron chi connectivity index (χ3n) is 3.65. The molecule has 0 amide bonds. The minimum absolute atomic E-state index is 0.0273. The van der Waals surface area contributed by atoms with Crippen molar-refractivity contribution in [1.82, 2.24) is 0 Å². The van der Waals surface area contributed by atoms with Crippen molar-refractivity contribution in [3.63, 3.8) is 0 Å². The van der Waals surface area contributed by atoms with Gasteiger partial charge in [0.2, 0.25) is 0 Å². The molecule has 0 bridgehead atoms. The van der Waals surface area contributed by atoms with Gasteiger partial charge in [0.05, 0.1) is 0 Å². The van der Waals surface area contributed by atoms with Crippen molar-refractivity contribution in [1.29, 1.82) is 0 Å². The highest BCUT2D eigenvalue weighted by atomic mass is 16.5. The number of rotatable bonds is 3. The summed E-state index contributed by atoms with van der Waals surface area (Å²) in [5.74, 6) is 0.931. The summed E-state index contributed by atoms with van der Waals surface area (Å²) in [6.45, 7) is 4.21. The average Bonchev–Trinajstić information content (AvgIpc) is 2.29. The number of allylic oxidation sites excluding steroid dienone is 3. The van der Waals surface area contributed by atoms with Crippen LogP contribution in [0, 0.1) is 11.8 Å². The Morgan fingerprint density at radius 1 is 1.53 bits per heavy atom. The molecule has 0 fully saturated rings. The maximum absolute atomic E-state index is 11.6. The van der Waals surface area contributed by atoms with Crippen LogP contribution in [0.1, 0.15) is 46.0 Å². The van der Waals surface area contributed by atoms with E-state index in [4.69, 9.17) is 4.74 Å². The lowest BCUT2D eigenvalue weighted by Gasteiger charge is -2.35. The Bertz CT molecular complexity index is 341. The fourth-order valence-corrected chi connectivity index (χ4v) is 2.85. The van der Waals surface area contributed by atoms with E-state index >= 15 is 0 Å². The van der Waals surface area contributed by atoms with Crippen LogP contribution < -0.4 is 0 Å². The summed E-state index contributed by atoms with van der Waals surface area (Å²) in [6, 6.07) is 0. The first kappa shape index (κ1) is 12.4. The van der Waals surface area contributed by atoms with Crippen LogP contribution in [-0.2, 0) is 9.53 Å². The Balaban J connectivity index is 2.05. The Labute approximate surface area is 104 Å². The number of esters is 1. The van der Waals surface area contributed by atoms with E-state index in [1.54, 1.807) is 0 Å². The fourth-order valence-electron chi connectivity index (χ4n) is 2.85. The van der Waals surface area contributed by atoms with Gasteiger partial charge < -0.3 is 4.74 Å². The first-order chi connectivity index (χ1) is 8.20. The predicted octanol–water partition coefficient (Wildman–Crippen LogP) is 3.63. The lowest BCUT2D eigenvalue weighted by molar-refractivity contribution is -0.152. The van der Waals surface area contributed by atoms with Gasteiger partial charge in [-0.25, -0.2) is 0 Å². The molecule has 3 atom stereocenters. The molecule has 2 aliphatic rings. The first-order valence-corrected chi connectivity index (χ1v) is 6.78. The van der Waals surface area contributed by atoms with Crippen molar-refractivity contribution in [3.05, 3.63) is 23.8 Å². The van der Waals surface area contributed by atoms with Gasteiger partial charge >= 0.3 is 5.97 Å². The third kappa shape index (κ3) is 2.99. The van der Waals surface area contributed by atoms with Crippen LogP contribution >= 0.6 is 0 Å². The molecule has 0 N–H and O–H groups in total. The molecule has 0 aromatic heterocycles. The molecule has 2 aliphatic carbocycles. The summed E-state index contributed by atoms with van der Waals surface area (Å²) in [5.41, 5.74) is 1.38. The highest BCUT2D eigenvalue weighted by Gasteiger charge is 2.32. The Kier molecular flexibility index (Phi) is 4.03. The molecule has 0 radical (unpaired) electrons. The Hall–Kier alpha value is -1.05. The number of hydrogen-bond acceptors (Lipinski definition) is 2. The summed E-state index contributed by atoms with van der Waals surface area (Å²) in [4.78, 5) is 11.6. The lowest BCUT2D eigenvalue weighted by Crippen LogP contribution is -2.33. The molecule has 0 heterocycles. The van der Waals surface area contributed by atoms with Crippen molar-refractivity contribution in [2.24, 2.45) is 11.8 Å². The second-order valence-electron chi connectivity index (χ2n) is 5.24. The molecule has 0 saturated heterocycles. The van der Waals surface area contributed by atoms with E-state index in [-0.39, 0.29) is 12.1 Å². The van der Waals surface area contributed by atoms with Gasteiger partial charge in [0.1, 0.15) is 6.10 Å². The molecule has 0 aromatic carbocycles. The second-order valence-corrected chi connectivity index (χ2v) is 5.24. The lowest BCUT2D eigenvalue weighted by atomic mass is 9.76. The van der Waals surface area contributed by atoms with Crippen LogP contribution in [0.15, 0.2) is 23.8 Å². The number of carbonyl (C=O) groups excluding carboxylic acids is 1. The van der Waals surface area contributed by atoms with Crippen molar-refractivity contribution >= 4 is 5.97 Å². The highest BCUT2D eigenvalue weighted by molar-refractivity contribution is 5.69. The number of carbonyl (C=O) groups is 1. The molecule has 0 aromatic rings. The number of fused-ring (bicyclic) bond motifs is 1. The molecule has 2 nitrogen and oxygen atoms in total. The van der Waals surface area contributed by atoms with Gasteiger partial charge in [-0.05, 0) is 37.2 Å². The summed E-state index contributed by atoms with van der Waals surface area (Å²) in [6.07, 6.45) is 11.5. The van der Waals surface area contributed by atoms with E-state index in [9.17, 15) is 4.79 Å². The monoisotopic (exact) mass is 234 g/mol. The Morgan fingerprint density at radius 3 is 3.12 bits per heavy atom. The molecule has 2 rings (SSSR count). The molecular formula is C15H22O2. The van der Waals surface area contributed by atoms with E-state index in [0.717, 1.165) is 25.7 Å². The van der Waals surface area contributed by atoms with E-state index < -0.39 is 0 Å². The fraction of sp³-hybridized carbons (Fsp3) is 0.667. The minimum Gasteiger partial charge on any atom is -0.462 e. The summed E-state index contributed by atoms with van der Waals surface area (Å²) in [5, 5.41) is 0. The average molecular weight is 234 g/mol. The number of ether oxygens (including phenoxy) is 1. The van der Waals surface area contributed by atoms with Gasteiger partial charge in [-0.3, -0.25) is 4.79 Å². The van der Waals surface area contributed by atoms with Crippen LogP contribution in [0.25, 0.3) is 0 Å². The van der Waals surface area contributed by atoms with E-state index in [0.29, 0.717) is 18.3 Å². The topological polar surface area (TPSA) is 26.3 Å². The summed E-state index contributed by atoms with van der Waals surface area (Å²) >= 11 is 0. The zero-order valence-electron chi connectivity index (χ0n) is 10.8. The minimum atomic E-state index is -0.0273. The SMILES string of the molecule is CCCC(=O)OC1CC(C)C=C2C=CCCC21. The molecule has 3 unspecified atom stereocenters. The van der Waals surface area contributed by atoms with Crippen LogP contribution in [0.2, 0.25) is 0 Å². The quantitative estimate of drug-likeness (QED) is 0.697. The Morgan fingerprint density at radius 2 is 2.35 bits per heavy atom. The zero-order chi connectivity index (χ0) is 12.3. The molecule has 17 heavy (non-hydrogen) atoms. The van der Waals surface area contributed by atoms with Crippen LogP contribution in [0.3, 0.4) is 0 Å². The van der Waals surface area contributed by atoms with Crippen molar-refractivity contribution in [2.45, 2.75) is 52.1 Å². The molecule has 94 valence electrons. The zero-order valence-corrected chi connectivity index (χ0v) is 10.8. The van der Waals surface area contributed by atoms with E-state index in [2.05, 4.69) is 25.2 Å². The van der Waals surface area contributed by atoms with E-state index in [1.807, 2.05) is 6.92 Å². The van der Waals surface area contributed by atoms with Gasteiger partial charge in [0.25, 0.3) is 0 Å². The first-order valence-electron chi connectivity index (χ1n) is 6.78. The molecule has 0 aliphatic heterocycles. The normalized spacial score (nSPS) is 31.6. The van der Waals surface area contributed by atoms with Gasteiger partial charge in [0.15, 0.2) is 0 Å². The second kappa shape index (κ2) is 5.52. The van der Waals surface area contributed by atoms with Crippen molar-refractivity contribution < 1.29 is 9.53 Å². The largest absolute Gasteiger partial charge is 0.462 e. The van der Waals surface area contributed by atoms with E-state index in [1.165, 1.54) is 5.57 Å². The molecule has 0 spiro atoms. The van der Waals surface area contributed by atoms with Crippen molar-refractivity contribution in [3.8, 4) is 0 Å². The van der Waals surface area contributed by atoms with Crippen LogP contribution in [-0.4, -0.2) is 12.1 Å². The smallest absolute Gasteiger partial charge is 0.306 e. The summed E-state index contributed by atoms with van der Waals surface area (Å²) in [7, 11) is 0. The van der Waals surface area contributed by atoms with Gasteiger partial charge in [-0.15, -0.1) is 0 Å². The van der Waals surface area contributed by atoms with Gasteiger partial charge in [-0.2, -0.15) is 0 Å². The summed E-state index contributed by atoms with van der Waals surface area (Å²) < 4.78 is 5.66. The molecule has 0 saturated carbocycles.